The van der Waals surface area contributed by atoms with E-state index in [9.17, 15) is 18.4 Å². The van der Waals surface area contributed by atoms with E-state index in [1.54, 1.807) is 0 Å². The van der Waals surface area contributed by atoms with Crippen LogP contribution in [-0.2, 0) is 4.79 Å². The minimum atomic E-state index is -0.834. The number of hydrogen-bond acceptors (Lipinski definition) is 4. The van der Waals surface area contributed by atoms with Gasteiger partial charge in [0.25, 0.3) is 5.91 Å². The van der Waals surface area contributed by atoms with Gasteiger partial charge >= 0.3 is 0 Å². The number of piperazine rings is 2. The van der Waals surface area contributed by atoms with Crippen molar-refractivity contribution in [1.29, 1.82) is 0 Å². The summed E-state index contributed by atoms with van der Waals surface area (Å²) in [7, 11) is 0. The van der Waals surface area contributed by atoms with Gasteiger partial charge in [0.2, 0.25) is 5.91 Å². The van der Waals surface area contributed by atoms with Gasteiger partial charge in [-0.2, -0.15) is 0 Å². The van der Waals surface area contributed by atoms with E-state index in [0.29, 0.717) is 39.1 Å². The van der Waals surface area contributed by atoms with E-state index in [0.717, 1.165) is 38.3 Å². The van der Waals surface area contributed by atoms with Crippen molar-refractivity contribution in [3.05, 3.63) is 35.4 Å². The highest BCUT2D eigenvalue weighted by molar-refractivity contribution is 5.94. The molecule has 1 aromatic rings. The minimum absolute atomic E-state index is 0. The Balaban J connectivity index is 0.00000261. The van der Waals surface area contributed by atoms with Crippen molar-refractivity contribution in [3.8, 4) is 0 Å². The number of nitrogens with zero attached hydrogens (tertiary/aromatic N) is 3. The molecule has 9 heteroatoms. The number of hydrogen-bond donors (Lipinski definition) is 1. The van der Waals surface area contributed by atoms with Crippen LogP contribution in [0.1, 0.15) is 16.8 Å². The summed E-state index contributed by atoms with van der Waals surface area (Å²) in [5.74, 6) is -2.13. The van der Waals surface area contributed by atoms with Gasteiger partial charge in [0.1, 0.15) is 17.2 Å². The van der Waals surface area contributed by atoms with Crippen LogP contribution in [0.25, 0.3) is 0 Å². The highest BCUT2D eigenvalue weighted by Gasteiger charge is 2.27. The third-order valence-corrected chi connectivity index (χ3v) is 4.95. The fourth-order valence-electron chi connectivity index (χ4n) is 3.36. The summed E-state index contributed by atoms with van der Waals surface area (Å²) in [6.07, 6.45) is 0.454. The van der Waals surface area contributed by atoms with Gasteiger partial charge in [0.15, 0.2) is 0 Å². The Morgan fingerprint density at radius 3 is 2.11 bits per heavy atom. The van der Waals surface area contributed by atoms with Crippen molar-refractivity contribution < 1.29 is 18.4 Å². The van der Waals surface area contributed by atoms with Crippen LogP contribution < -0.4 is 5.32 Å². The maximum absolute atomic E-state index is 13.8. The number of amides is 2. The number of benzene rings is 1. The van der Waals surface area contributed by atoms with Gasteiger partial charge in [-0.1, -0.05) is 6.07 Å². The molecule has 0 bridgehead atoms. The molecule has 0 atom stereocenters. The summed E-state index contributed by atoms with van der Waals surface area (Å²) >= 11 is 0. The predicted octanol–water partition coefficient (Wildman–Crippen LogP) is 0.966. The molecule has 2 heterocycles. The molecular weight excluding hydrogens is 378 g/mol. The van der Waals surface area contributed by atoms with E-state index in [-0.39, 0.29) is 18.3 Å². The maximum Gasteiger partial charge on any atom is 0.259 e. The molecule has 2 aliphatic rings. The molecule has 3 rings (SSSR count). The lowest BCUT2D eigenvalue weighted by Crippen LogP contribution is -2.50. The number of carbonyl (C=O) groups excluding carboxylic acids is 2. The van der Waals surface area contributed by atoms with Crippen molar-refractivity contribution in [2.24, 2.45) is 0 Å². The molecule has 0 aliphatic carbocycles. The molecule has 2 saturated heterocycles. The maximum atomic E-state index is 13.8. The first-order chi connectivity index (χ1) is 12.6. The van der Waals surface area contributed by atoms with Gasteiger partial charge in [-0.05, 0) is 12.1 Å². The van der Waals surface area contributed by atoms with Crippen molar-refractivity contribution in [1.82, 2.24) is 20.0 Å². The molecule has 2 fully saturated rings. The molecular formula is C18H25ClF2N4O2. The van der Waals surface area contributed by atoms with Gasteiger partial charge in [-0.15, -0.1) is 12.4 Å². The predicted molar refractivity (Wildman–Crippen MR) is 100 cm³/mol. The van der Waals surface area contributed by atoms with Crippen molar-refractivity contribution in [3.63, 3.8) is 0 Å². The topological polar surface area (TPSA) is 55.9 Å². The normalized spacial score (nSPS) is 18.1. The second-order valence-corrected chi connectivity index (χ2v) is 6.61. The van der Waals surface area contributed by atoms with Gasteiger partial charge < -0.3 is 15.1 Å². The average molecular weight is 403 g/mol. The second-order valence-electron chi connectivity index (χ2n) is 6.61. The molecule has 0 unspecified atom stereocenters. The lowest BCUT2D eigenvalue weighted by Gasteiger charge is -2.35. The lowest BCUT2D eigenvalue weighted by molar-refractivity contribution is -0.132. The van der Waals surface area contributed by atoms with Gasteiger partial charge in [0, 0.05) is 65.3 Å². The highest BCUT2D eigenvalue weighted by Crippen LogP contribution is 2.16. The molecule has 2 aliphatic heterocycles. The Hall–Kier alpha value is -1.77. The van der Waals surface area contributed by atoms with E-state index in [4.69, 9.17) is 0 Å². The van der Waals surface area contributed by atoms with Crippen LogP contribution in [0, 0.1) is 11.6 Å². The lowest BCUT2D eigenvalue weighted by atomic mass is 10.1. The van der Waals surface area contributed by atoms with Crippen LogP contribution in [0.3, 0.4) is 0 Å². The molecule has 27 heavy (non-hydrogen) atoms. The SMILES string of the molecule is Cl.O=C(CCN1CCN(C(=O)c2c(F)cccc2F)CC1)N1CCNCC1. The summed E-state index contributed by atoms with van der Waals surface area (Å²) in [6.45, 7) is 5.78. The van der Waals surface area contributed by atoms with Crippen LogP contribution in [-0.4, -0.2) is 85.4 Å². The molecule has 150 valence electrons. The summed E-state index contributed by atoms with van der Waals surface area (Å²) in [5.41, 5.74) is -0.491. The Bertz CT molecular complexity index is 643. The van der Waals surface area contributed by atoms with Gasteiger partial charge in [-0.3, -0.25) is 14.5 Å². The minimum Gasteiger partial charge on any atom is -0.340 e. The molecule has 6 nitrogen and oxygen atoms in total. The van der Waals surface area contributed by atoms with E-state index in [1.165, 1.54) is 11.0 Å². The Labute approximate surface area is 163 Å². The molecule has 0 spiro atoms. The number of nitrogens with one attached hydrogen (secondary N) is 1. The largest absolute Gasteiger partial charge is 0.340 e. The van der Waals surface area contributed by atoms with Crippen LogP contribution in [0.5, 0.6) is 0 Å². The molecule has 0 radical (unpaired) electrons. The fraction of sp³-hybridized carbons (Fsp3) is 0.556. The third kappa shape index (κ3) is 5.37. The van der Waals surface area contributed by atoms with E-state index < -0.39 is 23.1 Å². The third-order valence-electron chi connectivity index (χ3n) is 4.95. The first-order valence-electron chi connectivity index (χ1n) is 9.00. The number of rotatable bonds is 4. The van der Waals surface area contributed by atoms with Crippen molar-refractivity contribution >= 4 is 24.2 Å². The number of halogens is 3. The zero-order valence-corrected chi connectivity index (χ0v) is 15.9. The summed E-state index contributed by atoms with van der Waals surface area (Å²) in [6, 6.07) is 3.43. The van der Waals surface area contributed by atoms with Gasteiger partial charge in [0.05, 0.1) is 0 Å². The molecule has 1 N–H and O–H groups in total. The van der Waals surface area contributed by atoms with E-state index in [2.05, 4.69) is 10.2 Å². The molecule has 2 amide bonds. The van der Waals surface area contributed by atoms with E-state index in [1.807, 2.05) is 4.90 Å². The molecule has 0 aromatic heterocycles. The fourth-order valence-corrected chi connectivity index (χ4v) is 3.36. The second kappa shape index (κ2) is 9.96. The van der Waals surface area contributed by atoms with E-state index >= 15 is 0 Å². The van der Waals surface area contributed by atoms with Gasteiger partial charge in [-0.25, -0.2) is 8.78 Å². The zero-order valence-electron chi connectivity index (χ0n) is 15.1. The standard InChI is InChI=1S/C18H24F2N4O2.ClH/c19-14-2-1-3-15(20)17(14)18(26)24-12-10-22(11-13-24)7-4-16(25)23-8-5-21-6-9-23;/h1-3,21H,4-13H2;1H. The first kappa shape index (κ1) is 21.5. The van der Waals surface area contributed by atoms with Crippen LogP contribution in [0.2, 0.25) is 0 Å². The highest BCUT2D eigenvalue weighted by atomic mass is 35.5. The quantitative estimate of drug-likeness (QED) is 0.815. The average Bonchev–Trinajstić information content (AvgIpc) is 2.67. The monoisotopic (exact) mass is 402 g/mol. The number of carbonyl (C=O) groups is 2. The summed E-state index contributed by atoms with van der Waals surface area (Å²) < 4.78 is 27.5. The summed E-state index contributed by atoms with van der Waals surface area (Å²) in [4.78, 5) is 30.0. The van der Waals surface area contributed by atoms with Crippen LogP contribution >= 0.6 is 12.4 Å². The Morgan fingerprint density at radius 2 is 1.52 bits per heavy atom. The van der Waals surface area contributed by atoms with Crippen molar-refractivity contribution in [2.75, 3.05) is 58.9 Å². The molecule has 0 saturated carbocycles. The zero-order chi connectivity index (χ0) is 18.5. The summed E-state index contributed by atoms with van der Waals surface area (Å²) in [5, 5.41) is 3.22. The molecule has 1 aromatic carbocycles. The van der Waals surface area contributed by atoms with Crippen molar-refractivity contribution in [2.45, 2.75) is 6.42 Å². The van der Waals surface area contributed by atoms with Crippen LogP contribution in [0.4, 0.5) is 8.78 Å². The Kier molecular flexibility index (Phi) is 7.94. The Morgan fingerprint density at radius 1 is 0.926 bits per heavy atom. The van der Waals surface area contributed by atoms with Crippen LogP contribution in [0.15, 0.2) is 18.2 Å². The first-order valence-corrected chi connectivity index (χ1v) is 9.00. The smallest absolute Gasteiger partial charge is 0.259 e.